The zero-order valence-electron chi connectivity index (χ0n) is 58.9. The van der Waals surface area contributed by atoms with Gasteiger partial charge in [0, 0.05) is 27.5 Å². The predicted octanol–water partition coefficient (Wildman–Crippen LogP) is 20.1. The summed E-state index contributed by atoms with van der Waals surface area (Å²) in [5.41, 5.74) is -33.7. The summed E-state index contributed by atoms with van der Waals surface area (Å²) in [5.74, 6) is -82.9. The van der Waals surface area contributed by atoms with Crippen LogP contribution in [0, 0.1) is 184 Å². The Labute approximate surface area is 640 Å². The Morgan fingerprint density at radius 1 is 0.265 bits per heavy atom. The first-order valence-electron chi connectivity index (χ1n) is 34.4. The number of nitrogens with zero attached hydrogens (tertiary/aromatic N) is 2. The number of H-pyrrole nitrogens is 4. The zero-order valence-corrected chi connectivity index (χ0v) is 61.8. The molecule has 37 heteroatoms. The van der Waals surface area contributed by atoms with Crippen molar-refractivity contribution in [2.45, 2.75) is 72.6 Å². The first-order valence-corrected chi connectivity index (χ1v) is 41.9. The van der Waals surface area contributed by atoms with Crippen LogP contribution in [0.2, 0.25) is 13.3 Å². The second-order valence-corrected chi connectivity index (χ2v) is 38.8. The number of aliphatic imine (C=N–C) groups is 2. The Morgan fingerprint density at radius 3 is 0.821 bits per heavy atom. The number of aromatic amines is 4. The van der Waals surface area contributed by atoms with E-state index < -0.39 is 332 Å². The van der Waals surface area contributed by atoms with E-state index in [1.165, 1.54) is 0 Å². The van der Waals surface area contributed by atoms with E-state index in [-0.39, 0.29) is 0 Å². The molecular formula is C80H42F30N6Sn. The van der Waals surface area contributed by atoms with Crippen molar-refractivity contribution in [3.63, 3.8) is 0 Å². The first kappa shape index (κ1) is 83.4. The summed E-state index contributed by atoms with van der Waals surface area (Å²) >= 11 is -4.33. The summed E-state index contributed by atoms with van der Waals surface area (Å²) in [6, 6.07) is 3.56. The van der Waals surface area contributed by atoms with Crippen molar-refractivity contribution in [3.8, 4) is 9.86 Å². The molecule has 0 unspecified atom stereocenters. The van der Waals surface area contributed by atoms with Gasteiger partial charge in [-0.05, 0) is 18.2 Å². The van der Waals surface area contributed by atoms with Crippen LogP contribution in [0.4, 0.5) is 132 Å². The van der Waals surface area contributed by atoms with Crippen molar-refractivity contribution in [1.82, 2.24) is 19.9 Å². The molecule has 0 atom stereocenters. The zero-order chi connectivity index (χ0) is 85.1. The van der Waals surface area contributed by atoms with Gasteiger partial charge in [-0.15, -0.1) is 0 Å². The molecule has 0 fully saturated rings. The fraction of sp³-hybridized carbons (Fsp3) is 0.150. The Kier molecular flexibility index (Phi) is 22.7. The molecule has 6 nitrogen and oxygen atoms in total. The number of aromatic nitrogens is 4. The van der Waals surface area contributed by atoms with Gasteiger partial charge in [0.15, 0.2) is 58.2 Å². The molecule has 0 spiro atoms. The van der Waals surface area contributed by atoms with Gasteiger partial charge in [0.2, 0.25) is 23.3 Å². The van der Waals surface area contributed by atoms with E-state index in [9.17, 15) is 0 Å². The van der Waals surface area contributed by atoms with Gasteiger partial charge in [0.25, 0.3) is 0 Å². The quantitative estimate of drug-likeness (QED) is 0.0259. The van der Waals surface area contributed by atoms with Gasteiger partial charge in [-0.2, -0.15) is 0 Å². The van der Waals surface area contributed by atoms with Crippen LogP contribution in [0.1, 0.15) is 115 Å². The number of rotatable bonds is 15. The summed E-state index contributed by atoms with van der Waals surface area (Å²) in [7, 11) is 0. The van der Waals surface area contributed by atoms with E-state index in [1.807, 2.05) is 0 Å². The molecule has 12 bridgehead atoms. The fourth-order valence-corrected chi connectivity index (χ4v) is 27.1. The number of hydrogen-bond acceptors (Lipinski definition) is 2. The van der Waals surface area contributed by atoms with Gasteiger partial charge in [-0.25, -0.2) is 79.0 Å². The second kappa shape index (κ2) is 31.8. The van der Waals surface area contributed by atoms with Crippen molar-refractivity contribution in [2.24, 2.45) is 9.98 Å². The third-order valence-electron chi connectivity index (χ3n) is 19.6. The molecule has 6 aromatic carbocycles. The molecular weight excluding hydrogens is 1730 g/mol. The van der Waals surface area contributed by atoms with Crippen LogP contribution in [0.15, 0.2) is 93.7 Å². The molecule has 0 saturated carbocycles. The van der Waals surface area contributed by atoms with Gasteiger partial charge in [-0.1, -0.05) is 0 Å². The molecule has 13 rings (SSSR count). The molecule has 0 aliphatic carbocycles. The van der Waals surface area contributed by atoms with E-state index in [1.54, 1.807) is 20.8 Å². The van der Waals surface area contributed by atoms with Crippen LogP contribution in [0.3, 0.4) is 0 Å². The van der Waals surface area contributed by atoms with Gasteiger partial charge in [-0.3, -0.25) is 0 Å². The third kappa shape index (κ3) is 13.8. The molecule has 10 aromatic rings. The maximum atomic E-state index is 17.3. The van der Waals surface area contributed by atoms with E-state index in [2.05, 4.69) is 39.8 Å². The predicted molar refractivity (Wildman–Crippen MR) is 364 cm³/mol. The van der Waals surface area contributed by atoms with Crippen molar-refractivity contribution in [3.05, 3.63) is 336 Å². The van der Waals surface area contributed by atoms with Gasteiger partial charge >= 0.3 is 421 Å². The maximum absolute atomic E-state index is 17.3. The molecule has 3 aliphatic rings. The van der Waals surface area contributed by atoms with Gasteiger partial charge in [0.05, 0.1) is 11.1 Å². The third-order valence-corrected chi connectivity index (χ3v) is 32.7. The number of allylic oxidation sites excluding steroid dienone is 4. The van der Waals surface area contributed by atoms with E-state index in [4.69, 9.17) is 0 Å². The normalized spacial score (nSPS) is 13.9. The molecule has 0 radical (unpaired) electrons. The van der Waals surface area contributed by atoms with Crippen LogP contribution in [-0.4, -0.2) is 49.7 Å². The van der Waals surface area contributed by atoms with Crippen LogP contribution >= 0.6 is 0 Å². The first-order chi connectivity index (χ1) is 55.4. The van der Waals surface area contributed by atoms with Gasteiger partial charge in [0.1, 0.15) is 0 Å². The molecule has 3 aliphatic heterocycles. The number of benzene rings is 6. The molecule has 4 N–H and O–H groups in total. The average Bonchev–Trinajstić information content (AvgIpc) is 1.53. The summed E-state index contributed by atoms with van der Waals surface area (Å²) in [6.07, 6.45) is 4.13. The Balaban J connectivity index is 1.33. The average molecular weight is 1780 g/mol. The van der Waals surface area contributed by atoms with E-state index in [0.29, 0.717) is 119 Å². The van der Waals surface area contributed by atoms with E-state index >= 15 is 132 Å². The molecule has 0 amide bonds. The van der Waals surface area contributed by atoms with Gasteiger partial charge < -0.3 is 4.98 Å². The molecule has 4 aromatic heterocycles. The minimum atomic E-state index is -4.33. The van der Waals surface area contributed by atoms with Crippen LogP contribution < -0.4 is 21.4 Å². The Bertz CT molecular complexity index is 6360. The summed E-state index contributed by atoms with van der Waals surface area (Å²) in [6.45, 7) is 5.34. The van der Waals surface area contributed by atoms with Crippen LogP contribution in [-0.2, 0) is 0 Å². The number of nitrogens with one attached hydrogen (secondary N) is 4. The topological polar surface area (TPSA) is 87.9 Å². The Morgan fingerprint density at radius 2 is 0.513 bits per heavy atom. The summed E-state index contributed by atoms with van der Waals surface area (Å²) < 4.78 is 490. The summed E-state index contributed by atoms with van der Waals surface area (Å²) in [4.78, 5) is 17.1. The fourth-order valence-electron chi connectivity index (χ4n) is 13.9. The SMILES string of the molecule is CCC[CH2][Sn]([C]#CC1=CC2=NC1=C(c1c(F)c(F)c(F)c(F)c1F)c1ccc([nH]1)C(c1c(F)c(F)c(F)c(F)c1F)=C1C=CC(=N1)C(c1c(F)c(F)c(F)c(F)c1F)=c1ccc([nH]1)=C(c1c(F)c(F)c(F)c(F)c1F)c1ccc([nH]1)C(c1c(F)c(F)c(F)c(F)c1F)=c1ccc([nH]1)=C2c1c(F)c(F)c(F)c(F)c1F)([CH2]CCC)[CH2]CCC. The summed E-state index contributed by atoms with van der Waals surface area (Å²) in [5, 5.41) is -4.97. The van der Waals surface area contributed by atoms with Crippen molar-refractivity contribution in [2.75, 3.05) is 0 Å². The van der Waals surface area contributed by atoms with Crippen LogP contribution in [0.5, 0.6) is 0 Å². The molecule has 606 valence electrons. The second-order valence-electron chi connectivity index (χ2n) is 26.5. The van der Waals surface area contributed by atoms with E-state index in [0.717, 1.165) is 0 Å². The number of hydrogen-bond donors (Lipinski definition) is 4. The van der Waals surface area contributed by atoms with Crippen molar-refractivity contribution < 1.29 is 132 Å². The Hall–Kier alpha value is -11.5. The minimum absolute atomic E-state index is 0.372. The monoisotopic (exact) mass is 1780 g/mol. The molecule has 117 heavy (non-hydrogen) atoms. The van der Waals surface area contributed by atoms with Crippen LogP contribution in [0.25, 0.3) is 33.4 Å². The van der Waals surface area contributed by atoms with Crippen molar-refractivity contribution >= 4 is 63.2 Å². The molecule has 7 heterocycles. The van der Waals surface area contributed by atoms with Crippen molar-refractivity contribution in [1.29, 1.82) is 0 Å². The number of unbranched alkanes of at least 4 members (excludes halogenated alkanes) is 3. The number of halogens is 30. The number of fused-ring (bicyclic) bond motifs is 10. The molecule has 0 saturated heterocycles. The standard InChI is InChI=1S/C68H15F30N6.3C4H9.Sn/c1-2-14-13-25-30(36-46(77)58(89)66(97)59(90)47(36)78)23-10-9-21(102-23)28(34-42(73)54(85)64(95)55(86)43(34)74)19-6-5-17(100-19)26(32-38(69)50(81)62(93)51(82)39(32)70)15-3-4-16(99-15)27(33-40(71)52(83)63(94)53(84)41(33)72)18-7-8-20(101-18)29(35-44(75)56(87)65(96)57(88)45(35)76)22-11-12-24(103-22)31(68(14)104-25)37-48(79)60(91)67(98)61(92)49(37)80;3*1-3-4-2;/h3-13,99-100,102-103H;3*1,3-4H2,2H3;.